The molecule has 1 atom stereocenters. The van der Waals surface area contributed by atoms with E-state index in [-0.39, 0.29) is 11.2 Å². The SMILES string of the molecule is CC(F)C(=O)N1CCN(c2cnc3cc(C(F)(F)F)cc(N)c3c2)CC1. The van der Waals surface area contributed by atoms with Gasteiger partial charge in [0.15, 0.2) is 6.17 Å². The van der Waals surface area contributed by atoms with Crippen LogP contribution in [-0.4, -0.2) is 48.1 Å². The van der Waals surface area contributed by atoms with E-state index in [1.54, 1.807) is 6.07 Å². The smallest absolute Gasteiger partial charge is 0.398 e. The van der Waals surface area contributed by atoms with Gasteiger partial charge in [0.2, 0.25) is 0 Å². The molecule has 1 aliphatic heterocycles. The van der Waals surface area contributed by atoms with Gasteiger partial charge in [-0.1, -0.05) is 0 Å². The quantitative estimate of drug-likeness (QED) is 0.652. The Morgan fingerprint density at radius 3 is 2.42 bits per heavy atom. The number of amides is 1. The summed E-state index contributed by atoms with van der Waals surface area (Å²) in [5.74, 6) is -0.537. The van der Waals surface area contributed by atoms with E-state index in [1.165, 1.54) is 18.0 Å². The second-order valence-electron chi connectivity index (χ2n) is 6.25. The van der Waals surface area contributed by atoms with Crippen LogP contribution in [0.4, 0.5) is 28.9 Å². The minimum Gasteiger partial charge on any atom is -0.398 e. The number of hydrogen-bond acceptors (Lipinski definition) is 4. The molecule has 140 valence electrons. The lowest BCUT2D eigenvalue weighted by Crippen LogP contribution is -2.50. The highest BCUT2D eigenvalue weighted by atomic mass is 19.4. The number of hydrogen-bond donors (Lipinski definition) is 1. The van der Waals surface area contributed by atoms with Crippen molar-refractivity contribution in [1.29, 1.82) is 0 Å². The number of piperazine rings is 1. The third kappa shape index (κ3) is 3.51. The van der Waals surface area contributed by atoms with Crippen LogP contribution < -0.4 is 10.6 Å². The van der Waals surface area contributed by atoms with Crippen molar-refractivity contribution in [3.63, 3.8) is 0 Å². The third-order valence-corrected chi connectivity index (χ3v) is 4.44. The standard InChI is InChI=1S/C17H18F4N4O/c1-10(18)16(26)25-4-2-24(3-5-25)12-8-13-14(22)6-11(17(19,20)21)7-15(13)23-9-12/h6-10H,2-5,22H2,1H3. The monoisotopic (exact) mass is 370 g/mol. The van der Waals surface area contributed by atoms with Crippen molar-refractivity contribution in [2.75, 3.05) is 36.8 Å². The molecule has 0 aliphatic carbocycles. The van der Waals surface area contributed by atoms with E-state index < -0.39 is 23.8 Å². The number of carbonyl (C=O) groups is 1. The number of nitrogens with zero attached hydrogens (tertiary/aromatic N) is 3. The number of nitrogen functional groups attached to an aromatic ring is 1. The molecule has 9 heteroatoms. The maximum absolute atomic E-state index is 13.1. The summed E-state index contributed by atoms with van der Waals surface area (Å²) in [4.78, 5) is 19.2. The van der Waals surface area contributed by atoms with E-state index in [2.05, 4.69) is 4.98 Å². The van der Waals surface area contributed by atoms with Gasteiger partial charge in [0.1, 0.15) is 0 Å². The van der Waals surface area contributed by atoms with Crippen LogP contribution in [0, 0.1) is 0 Å². The van der Waals surface area contributed by atoms with Crippen LogP contribution in [0.5, 0.6) is 0 Å². The number of benzene rings is 1. The van der Waals surface area contributed by atoms with E-state index in [1.807, 2.05) is 4.90 Å². The van der Waals surface area contributed by atoms with Crippen LogP contribution in [0.3, 0.4) is 0 Å². The minimum absolute atomic E-state index is 0.00393. The number of rotatable bonds is 2. The Bertz CT molecular complexity index is 829. The highest BCUT2D eigenvalue weighted by Gasteiger charge is 2.31. The fraction of sp³-hybridized carbons (Fsp3) is 0.412. The lowest BCUT2D eigenvalue weighted by molar-refractivity contribution is -0.137. The lowest BCUT2D eigenvalue weighted by Gasteiger charge is -2.36. The minimum atomic E-state index is -4.49. The number of aromatic nitrogens is 1. The Morgan fingerprint density at radius 2 is 1.85 bits per heavy atom. The zero-order valence-corrected chi connectivity index (χ0v) is 14.1. The van der Waals surface area contributed by atoms with E-state index in [0.29, 0.717) is 37.3 Å². The van der Waals surface area contributed by atoms with Gasteiger partial charge in [-0.15, -0.1) is 0 Å². The summed E-state index contributed by atoms with van der Waals surface area (Å²) in [7, 11) is 0. The zero-order valence-electron chi connectivity index (χ0n) is 14.1. The normalized spacial score (nSPS) is 16.8. The average Bonchev–Trinajstić information content (AvgIpc) is 2.60. The molecule has 0 saturated carbocycles. The molecule has 2 heterocycles. The molecular weight excluding hydrogens is 352 g/mol. The second kappa shape index (κ2) is 6.62. The third-order valence-electron chi connectivity index (χ3n) is 4.44. The molecule has 1 aliphatic rings. The van der Waals surface area contributed by atoms with Gasteiger partial charge in [-0.05, 0) is 25.1 Å². The molecule has 26 heavy (non-hydrogen) atoms. The number of anilines is 2. The van der Waals surface area contributed by atoms with E-state index in [9.17, 15) is 22.4 Å². The number of pyridine rings is 1. The molecule has 1 amide bonds. The first kappa shape index (κ1) is 18.2. The molecule has 1 aromatic heterocycles. The number of alkyl halides is 4. The molecule has 0 bridgehead atoms. The molecule has 5 nitrogen and oxygen atoms in total. The van der Waals surface area contributed by atoms with E-state index in [4.69, 9.17) is 5.73 Å². The summed E-state index contributed by atoms with van der Waals surface area (Å²) in [6.45, 7) is 2.90. The van der Waals surface area contributed by atoms with Gasteiger partial charge in [-0.2, -0.15) is 13.2 Å². The predicted octanol–water partition coefficient (Wildman–Crippen LogP) is 2.84. The first-order valence-corrected chi connectivity index (χ1v) is 8.11. The molecule has 1 unspecified atom stereocenters. The number of fused-ring (bicyclic) bond motifs is 1. The van der Waals surface area contributed by atoms with Crippen LogP contribution in [-0.2, 0) is 11.0 Å². The van der Waals surface area contributed by atoms with Crippen molar-refractivity contribution in [3.8, 4) is 0 Å². The summed E-state index contributed by atoms with van der Waals surface area (Å²) >= 11 is 0. The van der Waals surface area contributed by atoms with Gasteiger partial charge < -0.3 is 15.5 Å². The van der Waals surface area contributed by atoms with Crippen LogP contribution >= 0.6 is 0 Å². The summed E-state index contributed by atoms with van der Waals surface area (Å²) in [5, 5.41) is 0.436. The van der Waals surface area contributed by atoms with Crippen molar-refractivity contribution >= 4 is 28.2 Å². The molecule has 2 N–H and O–H groups in total. The Kier molecular flexibility index (Phi) is 4.64. The number of nitrogens with two attached hydrogens (primary N) is 1. The zero-order chi connectivity index (χ0) is 19.1. The van der Waals surface area contributed by atoms with Crippen molar-refractivity contribution in [1.82, 2.24) is 9.88 Å². The molecule has 1 fully saturated rings. The van der Waals surface area contributed by atoms with E-state index in [0.717, 1.165) is 12.1 Å². The van der Waals surface area contributed by atoms with Gasteiger partial charge in [0.25, 0.3) is 5.91 Å². The van der Waals surface area contributed by atoms with Crippen molar-refractivity contribution < 1.29 is 22.4 Å². The van der Waals surface area contributed by atoms with Crippen LogP contribution in [0.15, 0.2) is 24.4 Å². The Labute approximate surface area is 147 Å². The van der Waals surface area contributed by atoms with Crippen molar-refractivity contribution in [3.05, 3.63) is 30.0 Å². The second-order valence-corrected chi connectivity index (χ2v) is 6.25. The van der Waals surface area contributed by atoms with E-state index >= 15 is 0 Å². The summed E-state index contributed by atoms with van der Waals surface area (Å²) < 4.78 is 51.7. The van der Waals surface area contributed by atoms with Gasteiger partial charge in [0.05, 0.1) is 23.0 Å². The predicted molar refractivity (Wildman–Crippen MR) is 90.5 cm³/mol. The molecule has 3 rings (SSSR count). The highest BCUT2D eigenvalue weighted by Crippen LogP contribution is 2.34. The summed E-state index contributed by atoms with van der Waals surface area (Å²) in [5.41, 5.74) is 5.83. The molecular formula is C17H18F4N4O. The highest BCUT2D eigenvalue weighted by molar-refractivity contribution is 5.93. The number of carbonyl (C=O) groups excluding carboxylic acids is 1. The van der Waals surface area contributed by atoms with Crippen molar-refractivity contribution in [2.45, 2.75) is 19.3 Å². The van der Waals surface area contributed by atoms with Crippen LogP contribution in [0.25, 0.3) is 10.9 Å². The molecule has 0 radical (unpaired) electrons. The summed E-state index contributed by atoms with van der Waals surface area (Å²) in [6.07, 6.45) is -4.54. The van der Waals surface area contributed by atoms with Crippen LogP contribution in [0.2, 0.25) is 0 Å². The lowest BCUT2D eigenvalue weighted by atomic mass is 10.1. The van der Waals surface area contributed by atoms with Gasteiger partial charge in [0, 0.05) is 37.3 Å². The Balaban J connectivity index is 1.82. The molecule has 2 aromatic rings. The first-order valence-electron chi connectivity index (χ1n) is 8.11. The number of halogens is 4. The van der Waals surface area contributed by atoms with Crippen molar-refractivity contribution in [2.24, 2.45) is 0 Å². The summed E-state index contributed by atoms with van der Waals surface area (Å²) in [6, 6.07) is 3.55. The largest absolute Gasteiger partial charge is 0.416 e. The average molecular weight is 370 g/mol. The molecule has 1 saturated heterocycles. The first-order chi connectivity index (χ1) is 12.2. The fourth-order valence-electron chi connectivity index (χ4n) is 3.02. The fourth-order valence-corrected chi connectivity index (χ4v) is 3.02. The van der Waals surface area contributed by atoms with Gasteiger partial charge >= 0.3 is 6.18 Å². The maximum atomic E-state index is 13.1. The maximum Gasteiger partial charge on any atom is 0.416 e. The topological polar surface area (TPSA) is 62.5 Å². The van der Waals surface area contributed by atoms with Gasteiger partial charge in [-0.3, -0.25) is 9.78 Å². The molecule has 1 aromatic carbocycles. The Morgan fingerprint density at radius 1 is 1.19 bits per heavy atom. The van der Waals surface area contributed by atoms with Gasteiger partial charge in [-0.25, -0.2) is 4.39 Å². The van der Waals surface area contributed by atoms with Crippen LogP contribution in [0.1, 0.15) is 12.5 Å². The Hall–Kier alpha value is -2.58. The molecule has 0 spiro atoms.